The highest BCUT2D eigenvalue weighted by atomic mass is 19.1. The van der Waals surface area contributed by atoms with Crippen molar-refractivity contribution in [2.75, 3.05) is 0 Å². The molecule has 0 saturated carbocycles. The molecule has 0 aliphatic rings. The predicted molar refractivity (Wildman–Crippen MR) is 97.1 cm³/mol. The highest BCUT2D eigenvalue weighted by Gasteiger charge is 2.06. The van der Waals surface area contributed by atoms with E-state index in [-0.39, 0.29) is 5.82 Å². The normalized spacial score (nSPS) is 11.0. The molecular weight excluding hydrogens is 313 g/mol. The summed E-state index contributed by atoms with van der Waals surface area (Å²) in [7, 11) is 0. The summed E-state index contributed by atoms with van der Waals surface area (Å²) in [6, 6.07) is 25.5. The van der Waals surface area contributed by atoms with Gasteiger partial charge < -0.3 is 4.74 Å². The largest absolute Gasteiger partial charge is 0.488 e. The first-order chi connectivity index (χ1) is 12.3. The van der Waals surface area contributed by atoms with Crippen LogP contribution in [0.4, 0.5) is 4.39 Å². The molecule has 0 radical (unpaired) electrons. The fourth-order valence-corrected chi connectivity index (χ4v) is 2.43. The van der Waals surface area contributed by atoms with Gasteiger partial charge in [0, 0.05) is 5.56 Å². The van der Waals surface area contributed by atoms with Gasteiger partial charge in [-0.2, -0.15) is 5.26 Å². The van der Waals surface area contributed by atoms with Crippen LogP contribution in [0.15, 0.2) is 78.9 Å². The number of hydrogen-bond donors (Lipinski definition) is 0. The van der Waals surface area contributed by atoms with Gasteiger partial charge in [0.15, 0.2) is 0 Å². The van der Waals surface area contributed by atoms with E-state index in [0.717, 1.165) is 11.1 Å². The summed E-state index contributed by atoms with van der Waals surface area (Å²) in [5, 5.41) is 9.46. The van der Waals surface area contributed by atoms with Crippen LogP contribution in [0, 0.1) is 17.1 Å². The van der Waals surface area contributed by atoms with Crippen molar-refractivity contribution >= 4 is 11.6 Å². The van der Waals surface area contributed by atoms with Gasteiger partial charge in [0.1, 0.15) is 18.2 Å². The van der Waals surface area contributed by atoms with Crippen molar-refractivity contribution in [2.24, 2.45) is 0 Å². The molecule has 122 valence electrons. The molecule has 0 spiro atoms. The molecule has 0 atom stereocenters. The van der Waals surface area contributed by atoms with Gasteiger partial charge >= 0.3 is 0 Å². The number of benzene rings is 3. The zero-order chi connectivity index (χ0) is 17.5. The molecule has 0 unspecified atom stereocenters. The van der Waals surface area contributed by atoms with E-state index < -0.39 is 0 Å². The number of allylic oxidation sites excluding steroid dienone is 1. The van der Waals surface area contributed by atoms with Crippen molar-refractivity contribution in [2.45, 2.75) is 6.61 Å². The number of nitriles is 1. The van der Waals surface area contributed by atoms with Gasteiger partial charge in [0.05, 0.1) is 11.6 Å². The van der Waals surface area contributed by atoms with Crippen molar-refractivity contribution < 1.29 is 9.13 Å². The Bertz CT molecular complexity index is 909. The Hall–Kier alpha value is -3.38. The summed E-state index contributed by atoms with van der Waals surface area (Å²) in [6.45, 7) is 0.449. The first kappa shape index (κ1) is 16.5. The minimum atomic E-state index is -0.326. The van der Waals surface area contributed by atoms with Gasteiger partial charge in [-0.15, -0.1) is 0 Å². The van der Waals surface area contributed by atoms with Gasteiger partial charge in [-0.05, 0) is 35.4 Å². The third-order valence-corrected chi connectivity index (χ3v) is 3.73. The van der Waals surface area contributed by atoms with Crippen LogP contribution in [0.5, 0.6) is 5.75 Å². The van der Waals surface area contributed by atoms with Crippen molar-refractivity contribution in [1.82, 2.24) is 0 Å². The number of ether oxygens (including phenoxy) is 1. The van der Waals surface area contributed by atoms with Gasteiger partial charge in [-0.25, -0.2) is 4.39 Å². The van der Waals surface area contributed by atoms with E-state index in [9.17, 15) is 9.65 Å². The second-order valence-corrected chi connectivity index (χ2v) is 5.49. The van der Waals surface area contributed by atoms with E-state index in [1.54, 1.807) is 18.2 Å². The van der Waals surface area contributed by atoms with Crippen LogP contribution in [0.3, 0.4) is 0 Å². The number of rotatable bonds is 5. The fourth-order valence-electron chi connectivity index (χ4n) is 2.43. The van der Waals surface area contributed by atoms with Crippen molar-refractivity contribution in [3.63, 3.8) is 0 Å². The van der Waals surface area contributed by atoms with Gasteiger partial charge in [0.2, 0.25) is 0 Å². The molecule has 0 heterocycles. The van der Waals surface area contributed by atoms with Crippen molar-refractivity contribution in [3.8, 4) is 11.8 Å². The lowest BCUT2D eigenvalue weighted by atomic mass is 10.0. The van der Waals surface area contributed by atoms with E-state index in [1.807, 2.05) is 54.6 Å². The van der Waals surface area contributed by atoms with Crippen LogP contribution in [0.2, 0.25) is 0 Å². The zero-order valence-electron chi connectivity index (χ0n) is 13.5. The van der Waals surface area contributed by atoms with E-state index in [2.05, 4.69) is 6.07 Å². The monoisotopic (exact) mass is 329 g/mol. The summed E-state index contributed by atoms with van der Waals surface area (Å²) >= 11 is 0. The molecule has 0 aliphatic carbocycles. The maximum atomic E-state index is 13.1. The van der Waals surface area contributed by atoms with Crippen LogP contribution in [0.25, 0.3) is 11.6 Å². The standard InChI is InChI=1S/C22H16FNO/c23-21-12-10-18(11-13-21)20(15-24)14-19-8-4-5-9-22(19)25-16-17-6-2-1-3-7-17/h1-14H,16H2/b20-14+. The third-order valence-electron chi connectivity index (χ3n) is 3.73. The van der Waals surface area contributed by atoms with Gasteiger partial charge in [0.25, 0.3) is 0 Å². The second-order valence-electron chi connectivity index (χ2n) is 5.49. The summed E-state index contributed by atoms with van der Waals surface area (Å²) in [6.07, 6.45) is 1.76. The van der Waals surface area contributed by atoms with Crippen molar-refractivity contribution in [3.05, 3.63) is 101 Å². The molecule has 0 aliphatic heterocycles. The Kier molecular flexibility index (Phi) is 5.23. The predicted octanol–water partition coefficient (Wildman–Crippen LogP) is 5.47. The Balaban J connectivity index is 1.86. The highest BCUT2D eigenvalue weighted by Crippen LogP contribution is 2.25. The van der Waals surface area contributed by atoms with Crippen LogP contribution in [-0.4, -0.2) is 0 Å². The minimum Gasteiger partial charge on any atom is -0.488 e. The van der Waals surface area contributed by atoms with E-state index in [0.29, 0.717) is 23.5 Å². The van der Waals surface area contributed by atoms with E-state index in [4.69, 9.17) is 4.74 Å². The molecule has 0 N–H and O–H groups in total. The summed E-state index contributed by atoms with van der Waals surface area (Å²) in [5.41, 5.74) is 3.00. The minimum absolute atomic E-state index is 0.326. The van der Waals surface area contributed by atoms with E-state index in [1.165, 1.54) is 12.1 Å². The number of halogens is 1. The molecule has 0 fully saturated rings. The second kappa shape index (κ2) is 7.94. The van der Waals surface area contributed by atoms with Crippen LogP contribution in [-0.2, 0) is 6.61 Å². The maximum absolute atomic E-state index is 13.1. The number of nitrogens with zero attached hydrogens (tertiary/aromatic N) is 1. The lowest BCUT2D eigenvalue weighted by Gasteiger charge is -2.10. The highest BCUT2D eigenvalue weighted by molar-refractivity contribution is 5.90. The molecule has 0 aromatic heterocycles. The molecule has 0 saturated heterocycles. The van der Waals surface area contributed by atoms with Crippen molar-refractivity contribution in [1.29, 1.82) is 5.26 Å². The topological polar surface area (TPSA) is 33.0 Å². The van der Waals surface area contributed by atoms with Crippen LogP contribution >= 0.6 is 0 Å². The molecule has 0 amide bonds. The smallest absolute Gasteiger partial charge is 0.127 e. The van der Waals surface area contributed by atoms with E-state index >= 15 is 0 Å². The first-order valence-electron chi connectivity index (χ1n) is 7.90. The van der Waals surface area contributed by atoms with Gasteiger partial charge in [-0.3, -0.25) is 0 Å². The maximum Gasteiger partial charge on any atom is 0.127 e. The molecule has 0 bridgehead atoms. The van der Waals surface area contributed by atoms with Crippen LogP contribution < -0.4 is 4.74 Å². The Morgan fingerprint density at radius 1 is 0.920 bits per heavy atom. The lowest BCUT2D eigenvalue weighted by Crippen LogP contribution is -1.96. The quantitative estimate of drug-likeness (QED) is 0.459. The molecule has 3 aromatic carbocycles. The Morgan fingerprint density at radius 3 is 2.32 bits per heavy atom. The lowest BCUT2D eigenvalue weighted by molar-refractivity contribution is 0.305. The summed E-state index contributed by atoms with van der Waals surface area (Å²) in [4.78, 5) is 0. The fraction of sp³-hybridized carbons (Fsp3) is 0.0455. The van der Waals surface area contributed by atoms with Gasteiger partial charge in [-0.1, -0.05) is 60.7 Å². The SMILES string of the molecule is N#C/C(=C\c1ccccc1OCc1ccccc1)c1ccc(F)cc1. The zero-order valence-corrected chi connectivity index (χ0v) is 13.5. The molecule has 3 rings (SSSR count). The number of hydrogen-bond acceptors (Lipinski definition) is 2. The molecular formula is C22H16FNO. The van der Waals surface area contributed by atoms with Crippen LogP contribution in [0.1, 0.15) is 16.7 Å². The third kappa shape index (κ3) is 4.33. The molecule has 2 nitrogen and oxygen atoms in total. The molecule has 3 heteroatoms. The number of para-hydroxylation sites is 1. The molecule has 3 aromatic rings. The average Bonchev–Trinajstić information content (AvgIpc) is 2.67. The summed E-state index contributed by atoms with van der Waals surface area (Å²) in [5.74, 6) is 0.369. The Morgan fingerprint density at radius 2 is 1.60 bits per heavy atom. The Labute approximate surface area is 146 Å². The first-order valence-corrected chi connectivity index (χ1v) is 7.90. The average molecular weight is 329 g/mol. The summed E-state index contributed by atoms with van der Waals surface area (Å²) < 4.78 is 19.0. The molecule has 25 heavy (non-hydrogen) atoms.